The lowest BCUT2D eigenvalue weighted by Crippen LogP contribution is -2.46. The first-order valence-electron chi connectivity index (χ1n) is 7.33. The minimum Gasteiger partial charge on any atom is -0.489 e. The van der Waals surface area contributed by atoms with Crippen molar-refractivity contribution in [3.8, 4) is 5.75 Å². The molecule has 0 saturated carbocycles. The number of rotatable bonds is 2. The van der Waals surface area contributed by atoms with Gasteiger partial charge in [-0.3, -0.25) is 0 Å². The summed E-state index contributed by atoms with van der Waals surface area (Å²) >= 11 is 0. The number of nitrogens with two attached hydrogens (primary N) is 1. The van der Waals surface area contributed by atoms with Crippen LogP contribution in [-0.4, -0.2) is 35.8 Å². The Morgan fingerprint density at radius 2 is 2.14 bits per heavy atom. The summed E-state index contributed by atoms with van der Waals surface area (Å²) in [6.45, 7) is 6.87. The molecule has 1 aromatic carbocycles. The molecule has 1 aromatic rings. The highest BCUT2D eigenvalue weighted by molar-refractivity contribution is 5.68. The van der Waals surface area contributed by atoms with Crippen LogP contribution < -0.4 is 10.5 Å². The van der Waals surface area contributed by atoms with E-state index in [0.717, 1.165) is 18.6 Å². The van der Waals surface area contributed by atoms with Gasteiger partial charge in [-0.25, -0.2) is 4.79 Å². The van der Waals surface area contributed by atoms with E-state index in [1.807, 2.05) is 39.0 Å². The third-order valence-electron chi connectivity index (χ3n) is 3.19. The summed E-state index contributed by atoms with van der Waals surface area (Å²) in [5, 5.41) is 0. The van der Waals surface area contributed by atoms with Gasteiger partial charge in [0.1, 0.15) is 17.5 Å². The molecule has 1 aliphatic rings. The third kappa shape index (κ3) is 4.85. The number of piperidine rings is 1. The van der Waals surface area contributed by atoms with Gasteiger partial charge in [-0.05, 0) is 45.7 Å². The molecule has 0 radical (unpaired) electrons. The van der Waals surface area contributed by atoms with Crippen molar-refractivity contribution in [3.05, 3.63) is 24.3 Å². The van der Waals surface area contributed by atoms with E-state index in [-0.39, 0.29) is 12.2 Å². The van der Waals surface area contributed by atoms with Crippen molar-refractivity contribution >= 4 is 11.8 Å². The Bertz CT molecular complexity index is 497. The second-order valence-electron chi connectivity index (χ2n) is 6.38. The second kappa shape index (κ2) is 6.24. The van der Waals surface area contributed by atoms with E-state index >= 15 is 0 Å². The number of carbonyl (C=O) groups excluding carboxylic acids is 1. The van der Waals surface area contributed by atoms with Crippen LogP contribution in [0.1, 0.15) is 33.6 Å². The van der Waals surface area contributed by atoms with Crippen molar-refractivity contribution < 1.29 is 14.3 Å². The van der Waals surface area contributed by atoms with Crippen molar-refractivity contribution in [1.82, 2.24) is 4.90 Å². The summed E-state index contributed by atoms with van der Waals surface area (Å²) in [5.41, 5.74) is 5.94. The number of anilines is 1. The maximum Gasteiger partial charge on any atom is 0.410 e. The van der Waals surface area contributed by atoms with Crippen molar-refractivity contribution in [1.29, 1.82) is 0 Å². The summed E-state index contributed by atoms with van der Waals surface area (Å²) in [5.74, 6) is 0.742. The average Bonchev–Trinajstić information content (AvgIpc) is 2.37. The number of hydrogen-bond acceptors (Lipinski definition) is 4. The fourth-order valence-corrected chi connectivity index (χ4v) is 2.31. The highest BCUT2D eigenvalue weighted by atomic mass is 16.6. The van der Waals surface area contributed by atoms with Crippen LogP contribution in [0.3, 0.4) is 0 Å². The van der Waals surface area contributed by atoms with E-state index in [9.17, 15) is 4.79 Å². The standard InChI is InChI=1S/C16H24N2O3/c1-16(2,3)21-15(19)18-9-5-8-14(11-18)20-13-7-4-6-12(17)10-13/h4,6-7,10,14H,5,8-9,11,17H2,1-3H3/t14-/m1/s1. The first-order chi connectivity index (χ1) is 9.83. The van der Waals surface area contributed by atoms with Gasteiger partial charge >= 0.3 is 6.09 Å². The maximum absolute atomic E-state index is 12.1. The maximum atomic E-state index is 12.1. The Balaban J connectivity index is 1.93. The lowest BCUT2D eigenvalue weighted by Gasteiger charge is -2.34. The van der Waals surface area contributed by atoms with Crippen LogP contribution in [0.4, 0.5) is 10.5 Å². The zero-order chi connectivity index (χ0) is 15.5. The number of nitrogen functional groups attached to an aromatic ring is 1. The Morgan fingerprint density at radius 3 is 2.81 bits per heavy atom. The Kier molecular flexibility index (Phi) is 4.60. The monoisotopic (exact) mass is 292 g/mol. The summed E-state index contributed by atoms with van der Waals surface area (Å²) in [4.78, 5) is 13.8. The van der Waals surface area contributed by atoms with Crippen molar-refractivity contribution in [2.24, 2.45) is 0 Å². The second-order valence-corrected chi connectivity index (χ2v) is 6.38. The molecule has 1 aliphatic heterocycles. The van der Waals surface area contributed by atoms with Crippen molar-refractivity contribution in [2.75, 3.05) is 18.8 Å². The normalized spacial score (nSPS) is 19.2. The highest BCUT2D eigenvalue weighted by Gasteiger charge is 2.28. The van der Waals surface area contributed by atoms with Gasteiger partial charge < -0.3 is 20.1 Å². The summed E-state index contributed by atoms with van der Waals surface area (Å²) in [6, 6.07) is 7.36. The van der Waals surface area contributed by atoms with E-state index in [1.54, 1.807) is 11.0 Å². The Morgan fingerprint density at radius 1 is 1.38 bits per heavy atom. The average molecular weight is 292 g/mol. The lowest BCUT2D eigenvalue weighted by molar-refractivity contribution is 0.00776. The van der Waals surface area contributed by atoms with E-state index in [1.165, 1.54) is 0 Å². The first-order valence-corrected chi connectivity index (χ1v) is 7.33. The smallest absolute Gasteiger partial charge is 0.410 e. The molecule has 5 heteroatoms. The fraction of sp³-hybridized carbons (Fsp3) is 0.562. The van der Waals surface area contributed by atoms with E-state index < -0.39 is 5.60 Å². The molecular formula is C16H24N2O3. The number of carbonyl (C=O) groups is 1. The molecule has 2 rings (SSSR count). The van der Waals surface area contributed by atoms with E-state index in [2.05, 4.69) is 0 Å². The molecular weight excluding hydrogens is 268 g/mol. The molecule has 0 aliphatic carbocycles. The number of amides is 1. The van der Waals surface area contributed by atoms with Gasteiger partial charge in [0.15, 0.2) is 0 Å². The molecule has 1 atom stereocenters. The number of nitrogens with zero attached hydrogens (tertiary/aromatic N) is 1. The largest absolute Gasteiger partial charge is 0.489 e. The van der Waals surface area contributed by atoms with E-state index in [4.69, 9.17) is 15.2 Å². The van der Waals surface area contributed by atoms with Gasteiger partial charge in [-0.15, -0.1) is 0 Å². The van der Waals surface area contributed by atoms with Gasteiger partial charge in [0, 0.05) is 18.3 Å². The van der Waals surface area contributed by atoms with Gasteiger partial charge in [0.2, 0.25) is 0 Å². The SMILES string of the molecule is CC(C)(C)OC(=O)N1CCC[C@@H](Oc2cccc(N)c2)C1. The minimum absolute atomic E-state index is 0.0203. The molecule has 116 valence electrons. The summed E-state index contributed by atoms with van der Waals surface area (Å²) in [7, 11) is 0. The summed E-state index contributed by atoms with van der Waals surface area (Å²) < 4.78 is 11.3. The molecule has 0 spiro atoms. The van der Waals surface area contributed by atoms with Crippen LogP contribution in [0.25, 0.3) is 0 Å². The zero-order valence-electron chi connectivity index (χ0n) is 13.0. The molecule has 2 N–H and O–H groups in total. The van der Waals surface area contributed by atoms with Gasteiger partial charge in [0.25, 0.3) is 0 Å². The van der Waals surface area contributed by atoms with Crippen LogP contribution in [0, 0.1) is 0 Å². The van der Waals surface area contributed by atoms with Crippen LogP contribution in [0.2, 0.25) is 0 Å². The predicted molar refractivity (Wildman–Crippen MR) is 82.3 cm³/mol. The minimum atomic E-state index is -0.473. The van der Waals surface area contributed by atoms with Crippen LogP contribution in [0.15, 0.2) is 24.3 Å². The summed E-state index contributed by atoms with van der Waals surface area (Å²) in [6.07, 6.45) is 1.54. The molecule has 0 bridgehead atoms. The molecule has 1 heterocycles. The Hall–Kier alpha value is -1.91. The van der Waals surface area contributed by atoms with Crippen LogP contribution >= 0.6 is 0 Å². The quantitative estimate of drug-likeness (QED) is 0.851. The zero-order valence-corrected chi connectivity index (χ0v) is 13.0. The Labute approximate surface area is 126 Å². The van der Waals surface area contributed by atoms with Crippen molar-refractivity contribution in [2.45, 2.75) is 45.3 Å². The first kappa shape index (κ1) is 15.5. The molecule has 0 aromatic heterocycles. The number of ether oxygens (including phenoxy) is 2. The van der Waals surface area contributed by atoms with Gasteiger partial charge in [-0.1, -0.05) is 6.07 Å². The van der Waals surface area contributed by atoms with Crippen LogP contribution in [0.5, 0.6) is 5.75 Å². The van der Waals surface area contributed by atoms with E-state index in [0.29, 0.717) is 18.8 Å². The fourth-order valence-electron chi connectivity index (χ4n) is 2.31. The molecule has 1 amide bonds. The predicted octanol–water partition coefficient (Wildman–Crippen LogP) is 3.05. The number of likely N-dealkylation sites (tertiary alicyclic amines) is 1. The third-order valence-corrected chi connectivity index (χ3v) is 3.19. The van der Waals surface area contributed by atoms with Crippen LogP contribution in [-0.2, 0) is 4.74 Å². The van der Waals surface area contributed by atoms with Gasteiger partial charge in [0.05, 0.1) is 6.54 Å². The molecule has 21 heavy (non-hydrogen) atoms. The molecule has 0 unspecified atom stereocenters. The topological polar surface area (TPSA) is 64.8 Å². The molecule has 1 fully saturated rings. The lowest BCUT2D eigenvalue weighted by atomic mass is 10.1. The highest BCUT2D eigenvalue weighted by Crippen LogP contribution is 2.21. The number of benzene rings is 1. The molecule has 1 saturated heterocycles. The van der Waals surface area contributed by atoms with Crippen molar-refractivity contribution in [3.63, 3.8) is 0 Å². The molecule has 5 nitrogen and oxygen atoms in total. The van der Waals surface area contributed by atoms with Gasteiger partial charge in [-0.2, -0.15) is 0 Å². The number of hydrogen-bond donors (Lipinski definition) is 1.